The van der Waals surface area contributed by atoms with Crippen LogP contribution in [0.5, 0.6) is 0 Å². The van der Waals surface area contributed by atoms with Gasteiger partial charge in [0.05, 0.1) is 16.7 Å². The monoisotopic (exact) mass is 691 g/mol. The molecule has 1 N–H and O–H groups in total. The van der Waals surface area contributed by atoms with Crippen LogP contribution in [0.2, 0.25) is 0 Å². The lowest BCUT2D eigenvalue weighted by atomic mass is 9.86. The van der Waals surface area contributed by atoms with Crippen LogP contribution < -0.4 is 0 Å². The number of halogens is 3. The van der Waals surface area contributed by atoms with E-state index in [9.17, 15) is 37.5 Å². The molecule has 0 spiro atoms. The van der Waals surface area contributed by atoms with Gasteiger partial charge in [0.2, 0.25) is 0 Å². The highest BCUT2D eigenvalue weighted by Crippen LogP contribution is 2.57. The van der Waals surface area contributed by atoms with E-state index in [-0.39, 0.29) is 52.8 Å². The lowest BCUT2D eigenvalue weighted by Crippen LogP contribution is -2.54. The topological polar surface area (TPSA) is 98.2 Å². The average Bonchev–Trinajstić information content (AvgIpc) is 3.74. The number of carbonyl (C=O) groups excluding carboxylic acids is 3. The van der Waals surface area contributed by atoms with Crippen molar-refractivity contribution in [3.05, 3.63) is 93.0 Å². The Morgan fingerprint density at radius 1 is 1.06 bits per heavy atom. The highest BCUT2D eigenvalue weighted by molar-refractivity contribution is 6.22. The molecule has 12 heteroatoms. The standard InChI is InChI=1S/C38H41F3N4O5/c1-20(2)13-29-37(50)45(19-31(45)28-16-27(38(39,40)41)23(18-44(28)29)11-12-42(5)6)30(17-32(46)47)25-14-24(33-21(3)9-8-10-22(33)4)15-26-34(25)36(49)43(7)35(26)48/h8-10,14-16,18,20,29-30H,11-13,17,19H2,1-7H3/p+1/t29-,30-,45?/m0/s1. The molecule has 4 heterocycles. The zero-order valence-electron chi connectivity index (χ0n) is 29.3. The van der Waals surface area contributed by atoms with E-state index in [0.717, 1.165) is 27.7 Å². The van der Waals surface area contributed by atoms with Crippen LogP contribution in [-0.2, 0) is 9.59 Å². The van der Waals surface area contributed by atoms with Gasteiger partial charge in [0, 0.05) is 25.4 Å². The van der Waals surface area contributed by atoms with Crippen LogP contribution in [0.1, 0.15) is 76.6 Å². The molecule has 4 aliphatic rings. The fourth-order valence-electron chi connectivity index (χ4n) is 7.96. The quantitative estimate of drug-likeness (QED) is 0.176. The number of aliphatic carboxylic acids is 1. The highest BCUT2D eigenvalue weighted by Gasteiger charge is 2.70. The molecular formula is C38H42F3N4O5+. The molecule has 2 aromatic rings. The predicted octanol–water partition coefficient (Wildman–Crippen LogP) is 6.35. The molecule has 6 rings (SSSR count). The lowest BCUT2D eigenvalue weighted by molar-refractivity contribution is -0.740. The second kappa shape index (κ2) is 12.3. The SMILES string of the molecule is Cc1cccc(C)c1-c1cc2c(c([C@H](CC(=O)O)[N+]34CC3=C3C=C(C(F)(F)F)C(CCN(C)C)=CN3[C@@H](CC(C)C)C4=O)c1)C(=O)N(C)C2=O. The van der Waals surface area contributed by atoms with Crippen molar-refractivity contribution in [1.29, 1.82) is 0 Å². The Hall–Kier alpha value is -4.55. The van der Waals surface area contributed by atoms with Gasteiger partial charge in [-0.25, -0.2) is 9.28 Å². The van der Waals surface area contributed by atoms with E-state index in [1.165, 1.54) is 13.2 Å². The van der Waals surface area contributed by atoms with Crippen molar-refractivity contribution in [2.24, 2.45) is 5.92 Å². The highest BCUT2D eigenvalue weighted by atomic mass is 19.4. The van der Waals surface area contributed by atoms with Crippen LogP contribution in [0.25, 0.3) is 11.1 Å². The number of benzene rings is 2. The number of hydrogen-bond acceptors (Lipinski definition) is 6. The fraction of sp³-hybridized carbons (Fsp3) is 0.421. The summed E-state index contributed by atoms with van der Waals surface area (Å²) in [5, 5.41) is 10.3. The Morgan fingerprint density at radius 3 is 2.30 bits per heavy atom. The summed E-state index contributed by atoms with van der Waals surface area (Å²) in [5.41, 5.74) is 3.41. The predicted molar refractivity (Wildman–Crippen MR) is 180 cm³/mol. The Morgan fingerprint density at radius 2 is 1.72 bits per heavy atom. The number of imide groups is 1. The van der Waals surface area contributed by atoms with Gasteiger partial charge in [-0.1, -0.05) is 32.0 Å². The number of quaternary nitrogens is 1. The first-order valence-corrected chi connectivity index (χ1v) is 16.8. The summed E-state index contributed by atoms with van der Waals surface area (Å²) in [6.07, 6.45) is -2.28. The van der Waals surface area contributed by atoms with E-state index in [1.807, 2.05) is 45.9 Å². The van der Waals surface area contributed by atoms with Crippen molar-refractivity contribution >= 4 is 23.7 Å². The van der Waals surface area contributed by atoms with Crippen molar-refractivity contribution in [2.75, 3.05) is 34.2 Å². The third kappa shape index (κ3) is 5.68. The number of carbonyl (C=O) groups is 4. The number of amides is 3. The van der Waals surface area contributed by atoms with Crippen molar-refractivity contribution in [3.63, 3.8) is 0 Å². The number of carboxylic acids is 1. The third-order valence-corrected chi connectivity index (χ3v) is 10.4. The second-order valence-corrected chi connectivity index (χ2v) is 14.6. The average molecular weight is 692 g/mol. The third-order valence-electron chi connectivity index (χ3n) is 10.4. The Kier molecular flexibility index (Phi) is 8.71. The van der Waals surface area contributed by atoms with E-state index in [4.69, 9.17) is 0 Å². The minimum Gasteiger partial charge on any atom is -0.481 e. The molecule has 0 bridgehead atoms. The largest absolute Gasteiger partial charge is 0.481 e. The van der Waals surface area contributed by atoms with Gasteiger partial charge in [0.1, 0.15) is 24.2 Å². The normalized spacial score (nSPS) is 22.2. The molecule has 1 saturated heterocycles. The lowest BCUT2D eigenvalue weighted by Gasteiger charge is -2.40. The molecule has 1 fully saturated rings. The summed E-state index contributed by atoms with van der Waals surface area (Å²) in [6.45, 7) is 8.01. The molecule has 3 amide bonds. The Labute approximate surface area is 289 Å². The van der Waals surface area contributed by atoms with Gasteiger partial charge in [0.15, 0.2) is 12.2 Å². The number of nitrogens with zero attached hydrogens (tertiary/aromatic N) is 4. The first-order chi connectivity index (χ1) is 23.4. The molecule has 0 aliphatic carbocycles. The number of alkyl halides is 3. The van der Waals surface area contributed by atoms with Crippen LogP contribution in [0.3, 0.4) is 0 Å². The minimum atomic E-state index is -4.67. The molecule has 264 valence electrons. The number of fused-ring (bicyclic) bond motifs is 3. The van der Waals surface area contributed by atoms with E-state index in [1.54, 1.807) is 36.0 Å². The summed E-state index contributed by atoms with van der Waals surface area (Å²) >= 11 is 0. The maximum absolute atomic E-state index is 15.0. The molecule has 50 heavy (non-hydrogen) atoms. The van der Waals surface area contributed by atoms with Gasteiger partial charge < -0.3 is 14.9 Å². The summed E-state index contributed by atoms with van der Waals surface area (Å²) in [4.78, 5) is 59.3. The molecule has 0 radical (unpaired) electrons. The number of aryl methyl sites for hydroxylation is 2. The van der Waals surface area contributed by atoms with Crippen LogP contribution in [-0.4, -0.2) is 94.4 Å². The van der Waals surface area contributed by atoms with Crippen molar-refractivity contribution in [2.45, 2.75) is 65.2 Å². The van der Waals surface area contributed by atoms with Crippen molar-refractivity contribution in [3.8, 4) is 11.1 Å². The van der Waals surface area contributed by atoms with Crippen molar-refractivity contribution < 1.29 is 41.9 Å². The van der Waals surface area contributed by atoms with E-state index in [2.05, 4.69) is 0 Å². The zero-order valence-corrected chi connectivity index (χ0v) is 29.3. The van der Waals surface area contributed by atoms with E-state index < -0.39 is 52.5 Å². The van der Waals surface area contributed by atoms with Crippen molar-refractivity contribution in [1.82, 2.24) is 14.7 Å². The molecule has 0 saturated carbocycles. The van der Waals surface area contributed by atoms with Gasteiger partial charge in [-0.15, -0.1) is 0 Å². The number of rotatable bonds is 10. The molecule has 2 aromatic carbocycles. The number of allylic oxidation sites excluding steroid dienone is 2. The molecule has 4 aliphatic heterocycles. The van der Waals surface area contributed by atoms with Crippen LogP contribution in [0.15, 0.2) is 65.1 Å². The maximum atomic E-state index is 15.0. The minimum absolute atomic E-state index is 0.0138. The molecule has 0 aromatic heterocycles. The fourth-order valence-corrected chi connectivity index (χ4v) is 7.96. The Balaban J connectivity index is 1.62. The first-order valence-electron chi connectivity index (χ1n) is 16.8. The van der Waals surface area contributed by atoms with Gasteiger partial charge in [-0.05, 0) is 92.7 Å². The van der Waals surface area contributed by atoms with E-state index in [0.29, 0.717) is 24.2 Å². The van der Waals surface area contributed by atoms with Gasteiger partial charge in [-0.2, -0.15) is 13.2 Å². The molecular weight excluding hydrogens is 649 g/mol. The van der Waals surface area contributed by atoms with E-state index >= 15 is 0 Å². The molecule has 9 nitrogen and oxygen atoms in total. The van der Waals surface area contributed by atoms with Crippen LogP contribution in [0, 0.1) is 19.8 Å². The molecule has 3 atom stereocenters. The summed E-state index contributed by atoms with van der Waals surface area (Å²) < 4.78 is 43.4. The zero-order chi connectivity index (χ0) is 36.6. The first kappa shape index (κ1) is 35.3. The van der Waals surface area contributed by atoms with Gasteiger partial charge in [0.25, 0.3) is 11.8 Å². The maximum Gasteiger partial charge on any atom is 0.416 e. The van der Waals surface area contributed by atoms with Crippen LogP contribution >= 0.6 is 0 Å². The molecule has 1 unspecified atom stereocenters. The summed E-state index contributed by atoms with van der Waals surface area (Å²) in [6, 6.07) is 6.98. The smallest absolute Gasteiger partial charge is 0.416 e. The summed E-state index contributed by atoms with van der Waals surface area (Å²) in [5.74, 6) is -2.78. The van der Waals surface area contributed by atoms with Gasteiger partial charge >= 0.3 is 18.1 Å². The van der Waals surface area contributed by atoms with Crippen LogP contribution in [0.4, 0.5) is 13.2 Å². The second-order valence-electron chi connectivity index (χ2n) is 14.6. The number of hydrogen-bond donors (Lipinski definition) is 1. The van der Waals surface area contributed by atoms with Gasteiger partial charge in [-0.3, -0.25) is 19.3 Å². The summed E-state index contributed by atoms with van der Waals surface area (Å²) in [7, 11) is 4.91. The Bertz CT molecular complexity index is 1920. The number of carboxylic acid groups (broad SMARTS) is 1.